The van der Waals surface area contributed by atoms with E-state index in [1.54, 1.807) is 24.3 Å². The summed E-state index contributed by atoms with van der Waals surface area (Å²) >= 11 is 0. The first kappa shape index (κ1) is 17.7. The molecule has 1 unspecified atom stereocenters. The Hall–Kier alpha value is -2.34. The van der Waals surface area contributed by atoms with Gasteiger partial charge in [-0.3, -0.25) is 4.79 Å². The Bertz CT molecular complexity index is 520. The number of hydrogen-bond acceptors (Lipinski definition) is 6. The molecule has 0 saturated carbocycles. The number of rotatable bonds is 8. The molecular weight excluding hydrogens is 288 g/mol. The summed E-state index contributed by atoms with van der Waals surface area (Å²) in [6.45, 7) is 4.42. The van der Waals surface area contributed by atoms with Crippen molar-refractivity contribution in [2.45, 2.75) is 25.9 Å². The van der Waals surface area contributed by atoms with Gasteiger partial charge in [-0.05, 0) is 31.0 Å². The quantitative estimate of drug-likeness (QED) is 0.556. The molecule has 0 aliphatic heterocycles. The van der Waals surface area contributed by atoms with E-state index in [2.05, 4.69) is 6.58 Å². The van der Waals surface area contributed by atoms with E-state index in [9.17, 15) is 14.7 Å². The molecule has 0 spiro atoms. The molecule has 2 N–H and O–H groups in total. The Morgan fingerprint density at radius 2 is 1.77 bits per heavy atom. The second-order valence-electron chi connectivity index (χ2n) is 4.88. The number of ether oxygens (including phenoxy) is 2. The average Bonchev–Trinajstić information content (AvgIpc) is 2.49. The van der Waals surface area contributed by atoms with Crippen molar-refractivity contribution in [3.63, 3.8) is 0 Å². The molecule has 6 heteroatoms. The van der Waals surface area contributed by atoms with Gasteiger partial charge >= 0.3 is 11.9 Å². The van der Waals surface area contributed by atoms with Crippen LogP contribution in [0, 0.1) is 0 Å². The number of hydrogen-bond donors (Lipinski definition) is 2. The number of carbonyl (C=O) groups is 2. The lowest BCUT2D eigenvalue weighted by Crippen LogP contribution is -2.25. The summed E-state index contributed by atoms with van der Waals surface area (Å²) in [6, 6.07) is 6.52. The van der Waals surface area contributed by atoms with Gasteiger partial charge in [0.2, 0.25) is 0 Å². The fourth-order valence-corrected chi connectivity index (χ4v) is 1.51. The Kier molecular flexibility index (Phi) is 7.12. The molecule has 1 aromatic carbocycles. The van der Waals surface area contributed by atoms with Gasteiger partial charge in [-0.1, -0.05) is 18.7 Å². The molecule has 1 aromatic rings. The van der Waals surface area contributed by atoms with Gasteiger partial charge in [-0.25, -0.2) is 4.79 Å². The van der Waals surface area contributed by atoms with Crippen LogP contribution in [0.15, 0.2) is 36.4 Å². The average molecular weight is 308 g/mol. The van der Waals surface area contributed by atoms with Crippen molar-refractivity contribution in [1.29, 1.82) is 0 Å². The highest BCUT2D eigenvalue weighted by atomic mass is 16.6. The lowest BCUT2D eigenvalue weighted by atomic mass is 10.1. The summed E-state index contributed by atoms with van der Waals surface area (Å²) in [5.74, 6) is -0.894. The van der Waals surface area contributed by atoms with Crippen LogP contribution in [0.1, 0.15) is 18.9 Å². The first-order chi connectivity index (χ1) is 10.4. The van der Waals surface area contributed by atoms with Crippen LogP contribution in [-0.2, 0) is 25.5 Å². The topological polar surface area (TPSA) is 93.1 Å². The second kappa shape index (κ2) is 8.84. The summed E-state index contributed by atoms with van der Waals surface area (Å²) in [7, 11) is 0. The number of aromatic hydroxyl groups is 1. The van der Waals surface area contributed by atoms with Gasteiger partial charge < -0.3 is 19.7 Å². The zero-order valence-electron chi connectivity index (χ0n) is 12.4. The lowest BCUT2D eigenvalue weighted by molar-refractivity contribution is -0.150. The molecule has 22 heavy (non-hydrogen) atoms. The van der Waals surface area contributed by atoms with Crippen molar-refractivity contribution in [2.75, 3.05) is 13.2 Å². The van der Waals surface area contributed by atoms with Crippen LogP contribution in [0.2, 0.25) is 0 Å². The molecular formula is C16H20O6. The van der Waals surface area contributed by atoms with E-state index in [1.807, 2.05) is 0 Å². The Labute approximate surface area is 129 Å². The molecule has 1 rings (SSSR count). The number of esters is 2. The number of phenolic OH excluding ortho intramolecular Hbond substituents is 1. The highest BCUT2D eigenvalue weighted by molar-refractivity contribution is 5.86. The van der Waals surface area contributed by atoms with Crippen LogP contribution in [0.3, 0.4) is 0 Å². The van der Waals surface area contributed by atoms with E-state index in [-0.39, 0.29) is 31.0 Å². The first-order valence-corrected chi connectivity index (χ1v) is 6.82. The summed E-state index contributed by atoms with van der Waals surface area (Å²) in [4.78, 5) is 22.6. The van der Waals surface area contributed by atoms with Gasteiger partial charge in [-0.15, -0.1) is 0 Å². The molecule has 0 aromatic heterocycles. The molecule has 0 saturated heterocycles. The number of aryl methyl sites for hydroxylation is 1. The largest absolute Gasteiger partial charge is 0.508 e. The predicted molar refractivity (Wildman–Crippen MR) is 79.2 cm³/mol. The van der Waals surface area contributed by atoms with Gasteiger partial charge in [0.05, 0.1) is 0 Å². The number of aliphatic hydroxyl groups is 1. The molecule has 0 bridgehead atoms. The maximum absolute atomic E-state index is 11.5. The highest BCUT2D eigenvalue weighted by Gasteiger charge is 2.12. The number of carbonyl (C=O) groups excluding carboxylic acids is 2. The van der Waals surface area contributed by atoms with Crippen LogP contribution in [0.5, 0.6) is 5.75 Å². The number of aliphatic hydroxyl groups excluding tert-OH is 1. The van der Waals surface area contributed by atoms with Crippen LogP contribution >= 0.6 is 0 Å². The van der Waals surface area contributed by atoms with Gasteiger partial charge in [-0.2, -0.15) is 0 Å². The highest BCUT2D eigenvalue weighted by Crippen LogP contribution is 2.11. The number of benzene rings is 1. The molecule has 0 aliphatic carbocycles. The minimum atomic E-state index is -1.07. The second-order valence-corrected chi connectivity index (χ2v) is 4.88. The van der Waals surface area contributed by atoms with E-state index >= 15 is 0 Å². The first-order valence-electron chi connectivity index (χ1n) is 6.82. The smallest absolute Gasteiger partial charge is 0.333 e. The SMILES string of the molecule is C=C(C)C(=O)OCC(O)COC(=O)CCc1ccc(O)cc1. The van der Waals surface area contributed by atoms with Gasteiger partial charge in [0.1, 0.15) is 25.1 Å². The third-order valence-electron chi connectivity index (χ3n) is 2.75. The standard InChI is InChI=1S/C16H20O6/c1-11(2)16(20)22-10-14(18)9-21-15(19)8-5-12-3-6-13(17)7-4-12/h3-4,6-7,14,17-18H,1,5,8-10H2,2H3. The Morgan fingerprint density at radius 3 is 2.36 bits per heavy atom. The van der Waals surface area contributed by atoms with Crippen molar-refractivity contribution < 1.29 is 29.3 Å². The summed E-state index contributed by atoms with van der Waals surface area (Å²) in [5, 5.41) is 18.7. The maximum Gasteiger partial charge on any atom is 0.333 e. The molecule has 0 aliphatic rings. The Balaban J connectivity index is 2.21. The third kappa shape index (κ3) is 6.90. The molecule has 0 heterocycles. The van der Waals surface area contributed by atoms with E-state index in [0.717, 1.165) is 5.56 Å². The van der Waals surface area contributed by atoms with E-state index in [4.69, 9.17) is 14.6 Å². The summed E-state index contributed by atoms with van der Waals surface area (Å²) in [6.07, 6.45) is -0.441. The fraction of sp³-hybridized carbons (Fsp3) is 0.375. The van der Waals surface area contributed by atoms with Crippen molar-refractivity contribution in [1.82, 2.24) is 0 Å². The van der Waals surface area contributed by atoms with Crippen molar-refractivity contribution in [3.05, 3.63) is 42.0 Å². The molecule has 0 radical (unpaired) electrons. The normalized spacial score (nSPS) is 11.5. The molecule has 120 valence electrons. The maximum atomic E-state index is 11.5. The van der Waals surface area contributed by atoms with Crippen LogP contribution < -0.4 is 0 Å². The predicted octanol–water partition coefficient (Wildman–Crippen LogP) is 1.35. The number of phenols is 1. The van der Waals surface area contributed by atoms with Gasteiger partial charge in [0.25, 0.3) is 0 Å². The van der Waals surface area contributed by atoms with Crippen molar-refractivity contribution in [2.24, 2.45) is 0 Å². The zero-order chi connectivity index (χ0) is 16.5. The van der Waals surface area contributed by atoms with E-state index < -0.39 is 18.0 Å². The van der Waals surface area contributed by atoms with Crippen LogP contribution in [0.4, 0.5) is 0 Å². The van der Waals surface area contributed by atoms with Crippen LogP contribution in [-0.4, -0.2) is 41.5 Å². The van der Waals surface area contributed by atoms with Gasteiger partial charge in [0, 0.05) is 12.0 Å². The van der Waals surface area contributed by atoms with Gasteiger partial charge in [0.15, 0.2) is 0 Å². The van der Waals surface area contributed by atoms with E-state index in [0.29, 0.717) is 6.42 Å². The van der Waals surface area contributed by atoms with E-state index in [1.165, 1.54) is 6.92 Å². The zero-order valence-corrected chi connectivity index (χ0v) is 12.4. The van der Waals surface area contributed by atoms with Crippen molar-refractivity contribution in [3.8, 4) is 5.75 Å². The third-order valence-corrected chi connectivity index (χ3v) is 2.75. The molecule has 1 atom stereocenters. The Morgan fingerprint density at radius 1 is 1.18 bits per heavy atom. The minimum Gasteiger partial charge on any atom is -0.508 e. The molecule has 0 fully saturated rings. The molecule has 0 amide bonds. The fourth-order valence-electron chi connectivity index (χ4n) is 1.51. The van der Waals surface area contributed by atoms with Crippen LogP contribution in [0.25, 0.3) is 0 Å². The van der Waals surface area contributed by atoms with Crippen molar-refractivity contribution >= 4 is 11.9 Å². The lowest BCUT2D eigenvalue weighted by Gasteiger charge is -2.12. The summed E-state index contributed by atoms with van der Waals surface area (Å²) in [5.41, 5.74) is 1.13. The minimum absolute atomic E-state index is 0.156. The molecule has 6 nitrogen and oxygen atoms in total. The monoisotopic (exact) mass is 308 g/mol. The summed E-state index contributed by atoms with van der Waals surface area (Å²) < 4.78 is 9.62.